The molecule has 1 aliphatic rings. The third-order valence-electron chi connectivity index (χ3n) is 3.10. The fraction of sp³-hybridized carbons (Fsp3) is 0.385. The maximum Gasteiger partial charge on any atom is 0.323 e. The largest absolute Gasteiger partial charge is 0.480 e. The Kier molecular flexibility index (Phi) is 4.44. The second kappa shape index (κ2) is 6.09. The van der Waals surface area contributed by atoms with Gasteiger partial charge in [0.15, 0.2) is 0 Å². The molecule has 108 valence electrons. The van der Waals surface area contributed by atoms with Gasteiger partial charge in [0.1, 0.15) is 12.4 Å². The van der Waals surface area contributed by atoms with Gasteiger partial charge < -0.3 is 14.9 Å². The van der Waals surface area contributed by atoms with E-state index in [-0.39, 0.29) is 24.1 Å². The topological polar surface area (TPSA) is 60.9 Å². The summed E-state index contributed by atoms with van der Waals surface area (Å²) < 4.78 is 13.0. The van der Waals surface area contributed by atoms with Gasteiger partial charge in [-0.2, -0.15) is 0 Å². The van der Waals surface area contributed by atoms with Gasteiger partial charge in [0.05, 0.1) is 0 Å². The molecular formula is C13H14ClFN2O3. The lowest BCUT2D eigenvalue weighted by atomic mass is 10.2. The summed E-state index contributed by atoms with van der Waals surface area (Å²) in [5, 5.41) is 9.02. The van der Waals surface area contributed by atoms with Crippen LogP contribution in [0.1, 0.15) is 12.0 Å². The third kappa shape index (κ3) is 3.39. The molecule has 0 saturated carbocycles. The average Bonchev–Trinajstić information content (AvgIpc) is 2.36. The monoisotopic (exact) mass is 300 g/mol. The van der Waals surface area contributed by atoms with E-state index in [2.05, 4.69) is 0 Å². The van der Waals surface area contributed by atoms with Gasteiger partial charge in [-0.25, -0.2) is 9.18 Å². The number of benzene rings is 1. The van der Waals surface area contributed by atoms with E-state index in [0.717, 1.165) is 0 Å². The number of nitrogens with zero attached hydrogens (tertiary/aromatic N) is 2. The lowest BCUT2D eigenvalue weighted by Crippen LogP contribution is -2.50. The number of hydrogen-bond acceptors (Lipinski definition) is 2. The number of hydrogen-bond donors (Lipinski definition) is 1. The second-order valence-corrected chi connectivity index (χ2v) is 5.02. The average molecular weight is 301 g/mol. The molecule has 0 unspecified atom stereocenters. The van der Waals surface area contributed by atoms with Gasteiger partial charge in [0.25, 0.3) is 0 Å². The molecule has 1 aromatic carbocycles. The van der Waals surface area contributed by atoms with E-state index in [4.69, 9.17) is 16.7 Å². The molecule has 2 rings (SSSR count). The van der Waals surface area contributed by atoms with Crippen LogP contribution in [0.5, 0.6) is 0 Å². The number of carbonyl (C=O) groups is 2. The van der Waals surface area contributed by atoms with Crippen LogP contribution in [-0.2, 0) is 11.3 Å². The van der Waals surface area contributed by atoms with Gasteiger partial charge in [-0.3, -0.25) is 4.79 Å². The summed E-state index contributed by atoms with van der Waals surface area (Å²) in [5.41, 5.74) is 0.638. The van der Waals surface area contributed by atoms with Crippen LogP contribution in [0, 0.1) is 5.82 Å². The minimum atomic E-state index is -1.04. The molecule has 1 aromatic rings. The Morgan fingerprint density at radius 2 is 2.05 bits per heavy atom. The van der Waals surface area contributed by atoms with E-state index in [0.29, 0.717) is 25.1 Å². The number of carbonyl (C=O) groups excluding carboxylic acids is 1. The van der Waals surface area contributed by atoms with Crippen molar-refractivity contribution in [2.45, 2.75) is 13.0 Å². The standard InChI is InChI=1S/C13H14ClFN2O3/c14-11-6-10(15)3-2-9(11)7-16-4-1-5-17(13(16)20)8-12(18)19/h2-3,6H,1,4-5,7-8H2,(H,18,19). The fourth-order valence-corrected chi connectivity index (χ4v) is 2.38. The van der Waals surface area contributed by atoms with Gasteiger partial charge in [-0.1, -0.05) is 17.7 Å². The van der Waals surface area contributed by atoms with Crippen LogP contribution in [0.3, 0.4) is 0 Å². The van der Waals surface area contributed by atoms with E-state index >= 15 is 0 Å². The molecule has 1 aliphatic heterocycles. The van der Waals surface area contributed by atoms with Gasteiger partial charge in [-0.05, 0) is 24.1 Å². The van der Waals surface area contributed by atoms with Crippen LogP contribution < -0.4 is 0 Å². The predicted molar refractivity (Wildman–Crippen MR) is 71.0 cm³/mol. The maximum atomic E-state index is 13.0. The number of halogens is 2. The van der Waals surface area contributed by atoms with Crippen molar-refractivity contribution in [2.75, 3.05) is 19.6 Å². The maximum absolute atomic E-state index is 13.0. The Morgan fingerprint density at radius 3 is 2.70 bits per heavy atom. The summed E-state index contributed by atoms with van der Waals surface area (Å²) in [6, 6.07) is 3.67. The van der Waals surface area contributed by atoms with Crippen LogP contribution in [0.4, 0.5) is 9.18 Å². The Morgan fingerprint density at radius 1 is 1.35 bits per heavy atom. The first-order chi connectivity index (χ1) is 9.47. The molecular weight excluding hydrogens is 287 g/mol. The number of carboxylic acids is 1. The zero-order chi connectivity index (χ0) is 14.7. The summed E-state index contributed by atoms with van der Waals surface area (Å²) in [6.07, 6.45) is 0.692. The van der Waals surface area contributed by atoms with E-state index in [1.165, 1.54) is 28.0 Å². The highest BCUT2D eigenvalue weighted by Gasteiger charge is 2.27. The Balaban J connectivity index is 2.08. The van der Waals surface area contributed by atoms with Gasteiger partial charge >= 0.3 is 12.0 Å². The van der Waals surface area contributed by atoms with Crippen molar-refractivity contribution in [1.82, 2.24) is 9.80 Å². The molecule has 0 aromatic heterocycles. The SMILES string of the molecule is O=C(O)CN1CCCN(Cc2ccc(F)cc2Cl)C1=O. The third-order valence-corrected chi connectivity index (χ3v) is 3.45. The summed E-state index contributed by atoms with van der Waals surface area (Å²) in [4.78, 5) is 25.6. The van der Waals surface area contributed by atoms with Crippen molar-refractivity contribution in [3.8, 4) is 0 Å². The predicted octanol–water partition coefficient (Wildman–Crippen LogP) is 2.19. The molecule has 1 N–H and O–H groups in total. The zero-order valence-electron chi connectivity index (χ0n) is 10.7. The summed E-state index contributed by atoms with van der Waals surface area (Å²) >= 11 is 5.93. The van der Waals surface area contributed by atoms with Crippen LogP contribution in [0.15, 0.2) is 18.2 Å². The molecule has 0 bridgehead atoms. The van der Waals surface area contributed by atoms with Crippen molar-refractivity contribution in [3.05, 3.63) is 34.6 Å². The van der Waals surface area contributed by atoms with Crippen molar-refractivity contribution in [2.24, 2.45) is 0 Å². The summed E-state index contributed by atoms with van der Waals surface area (Å²) in [6.45, 7) is 0.891. The number of aliphatic carboxylic acids is 1. The molecule has 1 heterocycles. The van der Waals surface area contributed by atoms with Crippen molar-refractivity contribution >= 4 is 23.6 Å². The molecule has 20 heavy (non-hydrogen) atoms. The normalized spacial score (nSPS) is 15.6. The molecule has 7 heteroatoms. The number of amides is 2. The van der Waals surface area contributed by atoms with Gasteiger partial charge in [-0.15, -0.1) is 0 Å². The first-order valence-electron chi connectivity index (χ1n) is 6.17. The second-order valence-electron chi connectivity index (χ2n) is 4.61. The minimum Gasteiger partial charge on any atom is -0.480 e. The Hall–Kier alpha value is -1.82. The molecule has 1 saturated heterocycles. The molecule has 1 fully saturated rings. The summed E-state index contributed by atoms with van der Waals surface area (Å²) in [7, 11) is 0. The van der Waals surface area contributed by atoms with E-state index in [1.54, 1.807) is 0 Å². The quantitative estimate of drug-likeness (QED) is 0.927. The Labute approximate surface area is 120 Å². The molecule has 0 aliphatic carbocycles. The lowest BCUT2D eigenvalue weighted by molar-refractivity contribution is -0.138. The van der Waals surface area contributed by atoms with Gasteiger partial charge in [0.2, 0.25) is 0 Å². The fourth-order valence-electron chi connectivity index (χ4n) is 2.16. The lowest BCUT2D eigenvalue weighted by Gasteiger charge is -2.34. The number of carboxylic acid groups (broad SMARTS) is 1. The van der Waals surface area contributed by atoms with Crippen molar-refractivity contribution in [3.63, 3.8) is 0 Å². The van der Waals surface area contributed by atoms with E-state index in [1.807, 2.05) is 0 Å². The Bertz CT molecular complexity index is 538. The van der Waals surface area contributed by atoms with Crippen molar-refractivity contribution in [1.29, 1.82) is 0 Å². The van der Waals surface area contributed by atoms with E-state index in [9.17, 15) is 14.0 Å². The van der Waals surface area contributed by atoms with Crippen molar-refractivity contribution < 1.29 is 19.1 Å². The molecule has 0 radical (unpaired) electrons. The molecule has 0 spiro atoms. The molecule has 5 nitrogen and oxygen atoms in total. The number of urea groups is 1. The highest BCUT2D eigenvalue weighted by molar-refractivity contribution is 6.31. The molecule has 0 atom stereocenters. The van der Waals surface area contributed by atoms with Crippen LogP contribution >= 0.6 is 11.6 Å². The van der Waals surface area contributed by atoms with E-state index < -0.39 is 11.8 Å². The zero-order valence-corrected chi connectivity index (χ0v) is 11.4. The first kappa shape index (κ1) is 14.6. The highest BCUT2D eigenvalue weighted by atomic mass is 35.5. The minimum absolute atomic E-state index is 0.244. The van der Waals surface area contributed by atoms with Crippen LogP contribution in [-0.4, -0.2) is 46.5 Å². The van der Waals surface area contributed by atoms with Gasteiger partial charge in [0, 0.05) is 24.7 Å². The molecule has 2 amide bonds. The smallest absolute Gasteiger partial charge is 0.323 e. The highest BCUT2D eigenvalue weighted by Crippen LogP contribution is 2.21. The summed E-state index contributed by atoms with van der Waals surface area (Å²) in [5.74, 6) is -1.48. The van der Waals surface area contributed by atoms with Crippen LogP contribution in [0.2, 0.25) is 5.02 Å². The first-order valence-corrected chi connectivity index (χ1v) is 6.55. The number of rotatable bonds is 4. The van der Waals surface area contributed by atoms with Crippen LogP contribution in [0.25, 0.3) is 0 Å².